The summed E-state index contributed by atoms with van der Waals surface area (Å²) < 4.78 is 179. The zero-order chi connectivity index (χ0) is 55.9. The van der Waals surface area contributed by atoms with E-state index in [2.05, 4.69) is 0 Å². The molecule has 0 radical (unpaired) electrons. The van der Waals surface area contributed by atoms with Gasteiger partial charge in [0.05, 0.1) is 74.7 Å². The molecule has 0 aliphatic carbocycles. The maximum absolute atomic E-state index is 12.9. The van der Waals surface area contributed by atoms with Gasteiger partial charge in [0, 0.05) is 85.5 Å². The van der Waals surface area contributed by atoms with E-state index in [4.69, 9.17) is 28.4 Å². The number of anilines is 1. The average Bonchev–Trinajstić information content (AvgIpc) is 3.72. The molecule has 418 valence electrons. The molecular formula is C50H65N2O20S4+. The molecule has 26 heteroatoms. The van der Waals surface area contributed by atoms with E-state index in [0.29, 0.717) is 105 Å². The van der Waals surface area contributed by atoms with Crippen molar-refractivity contribution in [1.29, 1.82) is 0 Å². The third-order valence-corrected chi connectivity index (χ3v) is 16.8. The van der Waals surface area contributed by atoms with Crippen LogP contribution in [0.1, 0.15) is 64.0 Å². The molecule has 0 saturated carbocycles. The molecule has 22 nitrogen and oxygen atoms in total. The molecule has 4 aromatic carbocycles. The minimum absolute atomic E-state index is 0.0133. The smallest absolute Gasteiger partial charge is 0.303 e. The van der Waals surface area contributed by atoms with Gasteiger partial charge < -0.3 is 38.4 Å². The highest BCUT2D eigenvalue weighted by molar-refractivity contribution is 7.87. The molecule has 0 spiro atoms. The summed E-state index contributed by atoms with van der Waals surface area (Å²) in [5.74, 6) is -0.954. The number of carboxylic acid groups (broad SMARTS) is 1. The predicted molar refractivity (Wildman–Crippen MR) is 280 cm³/mol. The fraction of sp³-hybridized carbons (Fsp3) is 0.480. The Morgan fingerprint density at radius 2 is 1.11 bits per heavy atom. The number of hydrogen-bond donors (Lipinski definition) is 5. The second-order valence-electron chi connectivity index (χ2n) is 18.8. The summed E-state index contributed by atoms with van der Waals surface area (Å²) in [6, 6.07) is 9.81. The number of aliphatic carboxylic acids is 1. The number of rotatable bonds is 30. The summed E-state index contributed by atoms with van der Waals surface area (Å²) in [6.07, 6.45) is 6.87. The van der Waals surface area contributed by atoms with Gasteiger partial charge in [0.1, 0.15) is 16.3 Å². The van der Waals surface area contributed by atoms with Crippen molar-refractivity contribution in [3.8, 4) is 0 Å². The second-order valence-corrected chi connectivity index (χ2v) is 24.4. The molecule has 2 heterocycles. The highest BCUT2D eigenvalue weighted by atomic mass is 32.2. The molecule has 2 aliphatic heterocycles. The Kier molecular flexibility index (Phi) is 19.8. The highest BCUT2D eigenvalue weighted by Gasteiger charge is 2.48. The van der Waals surface area contributed by atoms with Crippen LogP contribution in [0.15, 0.2) is 92.0 Å². The first kappa shape index (κ1) is 60.4. The third kappa shape index (κ3) is 13.9. The predicted octanol–water partition coefficient (Wildman–Crippen LogP) is 5.97. The van der Waals surface area contributed by atoms with Crippen molar-refractivity contribution in [3.05, 3.63) is 83.6 Å². The number of unbranched alkanes of at least 4 members (excludes halogenated alkanes) is 2. The van der Waals surface area contributed by atoms with Crippen LogP contribution in [-0.4, -0.2) is 167 Å². The van der Waals surface area contributed by atoms with Crippen LogP contribution >= 0.6 is 0 Å². The lowest BCUT2D eigenvalue weighted by Gasteiger charge is -2.31. The Bertz CT molecular complexity index is 3370. The molecule has 0 aromatic heterocycles. The van der Waals surface area contributed by atoms with Crippen molar-refractivity contribution < 1.29 is 94.8 Å². The Hall–Kier alpha value is -4.78. The molecule has 6 rings (SSSR count). The summed E-state index contributed by atoms with van der Waals surface area (Å²) >= 11 is 0. The number of nitrogens with zero attached hydrogens (tertiary/aromatic N) is 2. The Labute approximate surface area is 442 Å². The number of carboxylic acids is 1. The molecule has 76 heavy (non-hydrogen) atoms. The summed E-state index contributed by atoms with van der Waals surface area (Å²) in [6.45, 7) is 8.63. The number of hydrogen-bond acceptors (Lipinski definition) is 16. The summed E-state index contributed by atoms with van der Waals surface area (Å²) in [5, 5.41) is 9.48. The van der Waals surface area contributed by atoms with E-state index in [1.54, 1.807) is 31.4 Å². The first-order valence-corrected chi connectivity index (χ1v) is 29.9. The number of methoxy groups -OCH3 is 2. The van der Waals surface area contributed by atoms with Crippen molar-refractivity contribution in [2.75, 3.05) is 98.3 Å². The normalized spacial score (nSPS) is 17.5. The molecule has 4 aromatic rings. The molecule has 1 unspecified atom stereocenters. The standard InChI is InChI=1S/C50H64N2O20S4/c1-49(2)44(51(18-8-6-7-12-46(53)54)40-15-13-36-38(47(40)49)30-34(73(55,56)57)32-42(36)75(61,62)63)10-9-11-45-50(3,17-20-69-26-27-72-29-28-71-25-23-68-5)48-39-31-35(74(58,59)60)33-43(76(64,65)66)37(39)14-16-41(48)52(45)19-21-70-24-22-67-4/h9-11,13-16,30-33H,6-8,12,17-29H2,1-5H3,(H4-,53,54,55,56,57,58,59,60,61,62,63,64,65,66)/p+1. The fourth-order valence-corrected chi connectivity index (χ4v) is 12.6. The lowest BCUT2D eigenvalue weighted by atomic mass is 9.76. The highest BCUT2D eigenvalue weighted by Crippen LogP contribution is 2.54. The Balaban J connectivity index is 1.54. The van der Waals surface area contributed by atoms with Crippen LogP contribution in [0.5, 0.6) is 0 Å². The molecule has 0 saturated heterocycles. The second kappa shape index (κ2) is 24.9. The quantitative estimate of drug-likeness (QED) is 0.0228. The van der Waals surface area contributed by atoms with E-state index in [0.717, 1.165) is 12.1 Å². The zero-order valence-electron chi connectivity index (χ0n) is 42.8. The lowest BCUT2D eigenvalue weighted by molar-refractivity contribution is -0.438. The lowest BCUT2D eigenvalue weighted by Crippen LogP contribution is -2.32. The minimum Gasteiger partial charge on any atom is -0.481 e. The van der Waals surface area contributed by atoms with Crippen LogP contribution in [0.4, 0.5) is 11.4 Å². The van der Waals surface area contributed by atoms with Crippen LogP contribution in [0.2, 0.25) is 0 Å². The minimum atomic E-state index is -5.08. The van der Waals surface area contributed by atoms with E-state index in [9.17, 15) is 61.8 Å². The Morgan fingerprint density at radius 1 is 0.605 bits per heavy atom. The number of benzene rings is 4. The number of fused-ring (bicyclic) bond motifs is 6. The van der Waals surface area contributed by atoms with Crippen LogP contribution in [-0.2, 0) is 84.5 Å². The molecule has 0 amide bonds. The summed E-state index contributed by atoms with van der Waals surface area (Å²) in [4.78, 5) is 10.3. The van der Waals surface area contributed by atoms with Crippen LogP contribution in [0.25, 0.3) is 21.5 Å². The van der Waals surface area contributed by atoms with Crippen molar-refractivity contribution >= 4 is 85.1 Å². The van der Waals surface area contributed by atoms with Gasteiger partial charge in [-0.3, -0.25) is 23.0 Å². The largest absolute Gasteiger partial charge is 0.481 e. The van der Waals surface area contributed by atoms with E-state index in [-0.39, 0.29) is 74.0 Å². The SMILES string of the molecule is COCCOCCOCCOCCC1(C)C(=CC=CC2=[N+](CCCCCC(=O)O)c3ccc4c(S(=O)(=O)O)cc(S(=O)(=O)O)cc4c3C2(C)C)N(CCOCCOC)c2ccc3c(S(=O)(=O)O)cc(S(=O)(=O)O)cc3c21. The fourth-order valence-electron chi connectivity index (χ4n) is 9.91. The molecule has 0 fully saturated rings. The van der Waals surface area contributed by atoms with Gasteiger partial charge in [0.15, 0.2) is 5.71 Å². The van der Waals surface area contributed by atoms with Crippen molar-refractivity contribution in [3.63, 3.8) is 0 Å². The van der Waals surface area contributed by atoms with Crippen molar-refractivity contribution in [2.45, 2.75) is 83.3 Å². The first-order chi connectivity index (χ1) is 35.7. The maximum atomic E-state index is 12.9. The zero-order valence-corrected chi connectivity index (χ0v) is 46.0. The van der Waals surface area contributed by atoms with Gasteiger partial charge in [0.2, 0.25) is 5.69 Å². The van der Waals surface area contributed by atoms with Gasteiger partial charge in [-0.25, -0.2) is 0 Å². The van der Waals surface area contributed by atoms with E-state index >= 15 is 0 Å². The van der Waals surface area contributed by atoms with Gasteiger partial charge in [-0.15, -0.1) is 0 Å². The topological polar surface area (TPSA) is 316 Å². The monoisotopic (exact) mass is 1140 g/mol. The molecule has 2 aliphatic rings. The number of allylic oxidation sites excluding steroid dienone is 4. The van der Waals surface area contributed by atoms with Gasteiger partial charge in [-0.05, 0) is 98.8 Å². The third-order valence-electron chi connectivity index (χ3n) is 13.4. The van der Waals surface area contributed by atoms with Crippen LogP contribution in [0, 0.1) is 0 Å². The van der Waals surface area contributed by atoms with E-state index in [1.165, 1.54) is 19.2 Å². The van der Waals surface area contributed by atoms with Gasteiger partial charge >= 0.3 is 5.97 Å². The number of ether oxygens (including phenoxy) is 6. The van der Waals surface area contributed by atoms with Crippen LogP contribution < -0.4 is 4.90 Å². The van der Waals surface area contributed by atoms with Gasteiger partial charge in [0.25, 0.3) is 40.5 Å². The molecule has 1 atom stereocenters. The van der Waals surface area contributed by atoms with Crippen LogP contribution in [0.3, 0.4) is 0 Å². The first-order valence-electron chi connectivity index (χ1n) is 24.1. The summed E-state index contributed by atoms with van der Waals surface area (Å²) in [7, 11) is -17.1. The van der Waals surface area contributed by atoms with E-state index in [1.807, 2.05) is 36.3 Å². The molecule has 5 N–H and O–H groups in total. The number of carbonyl (C=O) groups is 1. The maximum Gasteiger partial charge on any atom is 0.303 e. The average molecular weight is 1140 g/mol. The van der Waals surface area contributed by atoms with Gasteiger partial charge in [-0.1, -0.05) is 12.1 Å². The molecule has 0 bridgehead atoms. The van der Waals surface area contributed by atoms with E-state index < -0.39 is 76.9 Å². The molecular weight excluding hydrogens is 1080 g/mol. The Morgan fingerprint density at radius 3 is 1.62 bits per heavy atom. The van der Waals surface area contributed by atoms with Crippen molar-refractivity contribution in [1.82, 2.24) is 0 Å². The van der Waals surface area contributed by atoms with Gasteiger partial charge in [-0.2, -0.15) is 38.2 Å². The van der Waals surface area contributed by atoms with Crippen molar-refractivity contribution in [2.24, 2.45) is 0 Å². The summed E-state index contributed by atoms with van der Waals surface area (Å²) in [5.41, 5.74) is 0.915.